The maximum absolute atomic E-state index is 11.0. The van der Waals surface area contributed by atoms with Crippen LogP contribution in [0.1, 0.15) is 17.5 Å². The second-order valence-corrected chi connectivity index (χ2v) is 7.86. The van der Waals surface area contributed by atoms with Crippen molar-refractivity contribution in [3.63, 3.8) is 0 Å². The average Bonchev–Trinajstić information content (AvgIpc) is 2.48. The Morgan fingerprint density at radius 1 is 1.12 bits per heavy atom. The Kier molecular flexibility index (Phi) is 6.04. The topological polar surface area (TPSA) is 137 Å². The number of aliphatic hydroxyl groups is 3. The first kappa shape index (κ1) is 19.3. The number of ether oxygens (including phenoxy) is 2. The molecule has 0 amide bonds. The van der Waals surface area contributed by atoms with Crippen LogP contribution in [-0.4, -0.2) is 62.0 Å². The third-order valence-electron chi connectivity index (χ3n) is 3.95. The van der Waals surface area contributed by atoms with Crippen molar-refractivity contribution in [2.45, 2.75) is 51.0 Å². The number of aryl methyl sites for hydroxylation is 2. The van der Waals surface area contributed by atoms with Gasteiger partial charge in [0.15, 0.2) is 0 Å². The van der Waals surface area contributed by atoms with Crippen LogP contribution in [0, 0.1) is 13.8 Å². The Bertz CT molecular complexity index is 615. The summed E-state index contributed by atoms with van der Waals surface area (Å²) in [6.07, 6.45) is -7.51. The molecule has 1 aromatic carbocycles. The molecular formula is C15H23O8P. The summed E-state index contributed by atoms with van der Waals surface area (Å²) in [5, 5.41) is 29.9. The lowest BCUT2D eigenvalue weighted by Gasteiger charge is -2.40. The Hall–Kier alpha value is -0.990. The van der Waals surface area contributed by atoms with Crippen LogP contribution < -0.4 is 4.74 Å². The molecule has 1 saturated heterocycles. The van der Waals surface area contributed by atoms with E-state index in [1.807, 2.05) is 26.0 Å². The van der Waals surface area contributed by atoms with Gasteiger partial charge in [-0.05, 0) is 31.9 Å². The van der Waals surface area contributed by atoms with Crippen molar-refractivity contribution in [1.29, 1.82) is 0 Å². The van der Waals surface area contributed by atoms with Gasteiger partial charge in [-0.2, -0.15) is 0 Å². The molecule has 0 spiro atoms. The first-order chi connectivity index (χ1) is 11.1. The van der Waals surface area contributed by atoms with Crippen LogP contribution in [-0.2, 0) is 9.30 Å². The van der Waals surface area contributed by atoms with Gasteiger partial charge in [-0.3, -0.25) is 4.57 Å². The van der Waals surface area contributed by atoms with Gasteiger partial charge < -0.3 is 34.6 Å². The maximum atomic E-state index is 11.0. The molecule has 0 saturated carbocycles. The third kappa shape index (κ3) is 4.77. The van der Waals surface area contributed by atoms with Crippen LogP contribution in [0.4, 0.5) is 0 Å². The van der Waals surface area contributed by atoms with Crippen molar-refractivity contribution >= 4 is 7.60 Å². The van der Waals surface area contributed by atoms with E-state index in [-0.39, 0.29) is 6.42 Å². The van der Waals surface area contributed by atoms with E-state index in [9.17, 15) is 19.9 Å². The van der Waals surface area contributed by atoms with Crippen molar-refractivity contribution < 1.29 is 39.1 Å². The van der Waals surface area contributed by atoms with Crippen LogP contribution in [0.3, 0.4) is 0 Å². The molecule has 0 unspecified atom stereocenters. The van der Waals surface area contributed by atoms with E-state index in [2.05, 4.69) is 0 Å². The molecule has 0 aliphatic carbocycles. The zero-order valence-electron chi connectivity index (χ0n) is 13.4. The average molecular weight is 362 g/mol. The van der Waals surface area contributed by atoms with Crippen molar-refractivity contribution in [1.82, 2.24) is 0 Å². The van der Waals surface area contributed by atoms with E-state index >= 15 is 0 Å². The molecule has 8 nitrogen and oxygen atoms in total. The zero-order valence-corrected chi connectivity index (χ0v) is 14.3. The Balaban J connectivity index is 2.11. The highest BCUT2D eigenvalue weighted by Crippen LogP contribution is 2.37. The van der Waals surface area contributed by atoms with Gasteiger partial charge in [0.2, 0.25) is 6.29 Å². The molecule has 0 radical (unpaired) electrons. The minimum atomic E-state index is -4.27. The summed E-state index contributed by atoms with van der Waals surface area (Å²) in [5.74, 6) is 0.446. The molecule has 2 rings (SSSR count). The van der Waals surface area contributed by atoms with Gasteiger partial charge in [0, 0.05) is 0 Å². The van der Waals surface area contributed by atoms with Crippen LogP contribution >= 0.6 is 7.60 Å². The van der Waals surface area contributed by atoms with E-state index in [0.717, 1.165) is 11.1 Å². The monoisotopic (exact) mass is 362 g/mol. The quantitative estimate of drug-likeness (QED) is 0.464. The van der Waals surface area contributed by atoms with Gasteiger partial charge in [0.05, 0.1) is 12.3 Å². The summed E-state index contributed by atoms with van der Waals surface area (Å²) in [6.45, 7) is 3.73. The highest BCUT2D eigenvalue weighted by molar-refractivity contribution is 7.51. The van der Waals surface area contributed by atoms with Gasteiger partial charge in [-0.15, -0.1) is 0 Å². The molecule has 1 aliphatic rings. The molecule has 24 heavy (non-hydrogen) atoms. The van der Waals surface area contributed by atoms with E-state index in [4.69, 9.17) is 19.3 Å². The molecule has 1 heterocycles. The second kappa shape index (κ2) is 7.49. The standard InChI is InChI=1S/C15H23O8P/c1-8-3-4-10(9(2)7-8)22-15-14(18)13(17)12(16)11(23-15)5-6-24(19,20)21/h3-4,7,11-18H,5-6H2,1-2H3,(H2,19,20,21)/t11-,12-,13+,14+,15+/m1/s1. The molecule has 1 aliphatic heterocycles. The highest BCUT2D eigenvalue weighted by Gasteiger charge is 2.45. The minimum Gasteiger partial charge on any atom is -0.462 e. The molecule has 9 heteroatoms. The van der Waals surface area contributed by atoms with E-state index in [1.165, 1.54) is 0 Å². The van der Waals surface area contributed by atoms with Gasteiger partial charge in [0.1, 0.15) is 24.1 Å². The first-order valence-electron chi connectivity index (χ1n) is 7.56. The van der Waals surface area contributed by atoms with Gasteiger partial charge >= 0.3 is 7.60 Å². The number of hydrogen-bond acceptors (Lipinski definition) is 6. The third-order valence-corrected chi connectivity index (χ3v) is 4.79. The van der Waals surface area contributed by atoms with E-state index < -0.39 is 44.5 Å². The zero-order chi connectivity index (χ0) is 18.1. The molecule has 136 valence electrons. The largest absolute Gasteiger partial charge is 0.462 e. The smallest absolute Gasteiger partial charge is 0.325 e. The molecule has 0 bridgehead atoms. The molecule has 1 fully saturated rings. The van der Waals surface area contributed by atoms with Crippen LogP contribution in [0.15, 0.2) is 18.2 Å². The van der Waals surface area contributed by atoms with Crippen LogP contribution in [0.2, 0.25) is 0 Å². The SMILES string of the molecule is Cc1ccc(O[C@H]2O[C@H](CCP(=O)(O)O)[C@@H](O)[C@H](O)[C@@H]2O)c(C)c1. The predicted octanol–water partition coefficient (Wildman–Crippen LogP) is 0.0576. The summed E-state index contributed by atoms with van der Waals surface area (Å²) in [5.41, 5.74) is 1.83. The minimum absolute atomic E-state index is 0.179. The van der Waals surface area contributed by atoms with Crippen molar-refractivity contribution in [2.24, 2.45) is 0 Å². The molecule has 5 N–H and O–H groups in total. The summed E-state index contributed by atoms with van der Waals surface area (Å²) in [6, 6.07) is 5.39. The molecule has 0 aromatic heterocycles. The van der Waals surface area contributed by atoms with Crippen molar-refractivity contribution in [3.8, 4) is 5.75 Å². The molecule has 5 atom stereocenters. The normalized spacial score (nSPS) is 31.0. The number of benzene rings is 1. The Labute approximate surface area is 139 Å². The lowest BCUT2D eigenvalue weighted by molar-refractivity contribution is -0.272. The van der Waals surface area contributed by atoms with E-state index in [0.29, 0.717) is 5.75 Å². The van der Waals surface area contributed by atoms with Crippen LogP contribution in [0.25, 0.3) is 0 Å². The van der Waals surface area contributed by atoms with Gasteiger partial charge in [0.25, 0.3) is 0 Å². The number of hydrogen-bond donors (Lipinski definition) is 5. The fraction of sp³-hybridized carbons (Fsp3) is 0.600. The van der Waals surface area contributed by atoms with E-state index in [1.54, 1.807) is 6.07 Å². The molecule has 1 aromatic rings. The lowest BCUT2D eigenvalue weighted by Crippen LogP contribution is -2.59. The maximum Gasteiger partial charge on any atom is 0.325 e. The van der Waals surface area contributed by atoms with Crippen molar-refractivity contribution in [3.05, 3.63) is 29.3 Å². The molecular weight excluding hydrogens is 339 g/mol. The summed E-state index contributed by atoms with van der Waals surface area (Å²) < 4.78 is 22.0. The summed E-state index contributed by atoms with van der Waals surface area (Å²) >= 11 is 0. The fourth-order valence-corrected chi connectivity index (χ4v) is 3.20. The van der Waals surface area contributed by atoms with Gasteiger partial charge in [-0.25, -0.2) is 0 Å². The lowest BCUT2D eigenvalue weighted by atomic mass is 9.97. The highest BCUT2D eigenvalue weighted by atomic mass is 31.2. The van der Waals surface area contributed by atoms with Crippen LogP contribution in [0.5, 0.6) is 5.75 Å². The Morgan fingerprint density at radius 3 is 2.38 bits per heavy atom. The fourth-order valence-electron chi connectivity index (χ4n) is 2.60. The first-order valence-corrected chi connectivity index (χ1v) is 9.36. The van der Waals surface area contributed by atoms with Gasteiger partial charge in [-0.1, -0.05) is 17.7 Å². The second-order valence-electron chi connectivity index (χ2n) is 6.08. The summed E-state index contributed by atoms with van der Waals surface area (Å²) in [4.78, 5) is 17.9. The summed E-state index contributed by atoms with van der Waals surface area (Å²) in [7, 11) is -4.27. The number of aliphatic hydroxyl groups excluding tert-OH is 3. The van der Waals surface area contributed by atoms with Crippen molar-refractivity contribution in [2.75, 3.05) is 6.16 Å². The predicted molar refractivity (Wildman–Crippen MR) is 84.8 cm³/mol. The number of rotatable bonds is 5. The Morgan fingerprint density at radius 2 is 1.79 bits per heavy atom.